The molecule has 9 heteroatoms. The van der Waals surface area contributed by atoms with Crippen molar-refractivity contribution >= 4 is 60.9 Å². The Kier molecular flexibility index (Phi) is 6.99. The summed E-state index contributed by atoms with van der Waals surface area (Å²) >= 11 is 4.83. The molecule has 0 aliphatic carbocycles. The van der Waals surface area contributed by atoms with E-state index in [0.29, 0.717) is 33.3 Å². The molecule has 188 valence electrons. The van der Waals surface area contributed by atoms with Gasteiger partial charge in [-0.15, -0.1) is 0 Å². The van der Waals surface area contributed by atoms with E-state index in [9.17, 15) is 9.59 Å². The Morgan fingerprint density at radius 2 is 1.86 bits per heavy atom. The lowest BCUT2D eigenvalue weighted by Crippen LogP contribution is -2.22. The van der Waals surface area contributed by atoms with E-state index in [1.54, 1.807) is 16.5 Å². The Morgan fingerprint density at radius 1 is 1.08 bits per heavy atom. The maximum atomic E-state index is 13.1. The minimum Gasteiger partial charge on any atom is -0.490 e. The fraction of sp³-hybridized carbons (Fsp3) is 0.179. The minimum atomic E-state index is -0.285. The predicted molar refractivity (Wildman–Crippen MR) is 151 cm³/mol. The van der Waals surface area contributed by atoms with Gasteiger partial charge >= 0.3 is 0 Å². The molecule has 37 heavy (non-hydrogen) atoms. The largest absolute Gasteiger partial charge is 0.490 e. The molecule has 0 fully saturated rings. The first-order chi connectivity index (χ1) is 17.8. The smallest absolute Gasteiger partial charge is 0.274 e. The van der Waals surface area contributed by atoms with E-state index in [1.165, 1.54) is 11.3 Å². The number of fused-ring (bicyclic) bond motifs is 3. The molecular formula is C28H24BrN3O4S. The van der Waals surface area contributed by atoms with Gasteiger partial charge in [-0.3, -0.25) is 9.59 Å². The molecule has 0 spiro atoms. The number of amides is 1. The SMILES string of the molecule is CCOc1cc(/C=c2\sc3nc4ccccc4n3c2=O)ccc1OCC(=O)Nc1cc(C)c(C)cc1Br. The molecule has 1 N–H and O–H groups in total. The van der Waals surface area contributed by atoms with Crippen LogP contribution in [-0.2, 0) is 4.79 Å². The van der Waals surface area contributed by atoms with Gasteiger partial charge in [0.2, 0.25) is 0 Å². The maximum absolute atomic E-state index is 13.1. The Labute approximate surface area is 225 Å². The summed E-state index contributed by atoms with van der Waals surface area (Å²) in [6.45, 7) is 6.13. The maximum Gasteiger partial charge on any atom is 0.274 e. The number of hydrogen-bond donors (Lipinski definition) is 1. The van der Waals surface area contributed by atoms with E-state index in [-0.39, 0.29) is 18.1 Å². The number of benzene rings is 3. The lowest BCUT2D eigenvalue weighted by molar-refractivity contribution is -0.118. The first-order valence-electron chi connectivity index (χ1n) is 11.7. The van der Waals surface area contributed by atoms with Gasteiger partial charge < -0.3 is 14.8 Å². The summed E-state index contributed by atoms with van der Waals surface area (Å²) in [5.41, 5.74) is 5.17. The lowest BCUT2D eigenvalue weighted by Gasteiger charge is -2.14. The van der Waals surface area contributed by atoms with Crippen molar-refractivity contribution in [3.8, 4) is 11.5 Å². The summed E-state index contributed by atoms with van der Waals surface area (Å²) in [7, 11) is 0. The van der Waals surface area contributed by atoms with Crippen molar-refractivity contribution in [2.45, 2.75) is 20.8 Å². The third kappa shape index (κ3) is 5.10. The summed E-state index contributed by atoms with van der Waals surface area (Å²) < 4.78 is 14.6. The van der Waals surface area contributed by atoms with E-state index >= 15 is 0 Å². The zero-order chi connectivity index (χ0) is 26.1. The third-order valence-electron chi connectivity index (χ3n) is 5.93. The summed E-state index contributed by atoms with van der Waals surface area (Å²) in [4.78, 5) is 30.8. The van der Waals surface area contributed by atoms with Crippen LogP contribution in [0.3, 0.4) is 0 Å². The van der Waals surface area contributed by atoms with Crippen LogP contribution in [0, 0.1) is 13.8 Å². The topological polar surface area (TPSA) is 81.9 Å². The Balaban J connectivity index is 1.37. The number of carbonyl (C=O) groups excluding carboxylic acids is 1. The van der Waals surface area contributed by atoms with Gasteiger partial charge in [-0.05, 0) is 95.9 Å². The van der Waals surface area contributed by atoms with Gasteiger partial charge in [-0.1, -0.05) is 29.5 Å². The Bertz CT molecular complexity index is 1760. The van der Waals surface area contributed by atoms with Gasteiger partial charge in [0.15, 0.2) is 23.1 Å². The molecule has 0 unspecified atom stereocenters. The van der Waals surface area contributed by atoms with Crippen LogP contribution >= 0.6 is 27.3 Å². The van der Waals surface area contributed by atoms with Crippen molar-refractivity contribution < 1.29 is 14.3 Å². The molecule has 3 aromatic carbocycles. The number of rotatable bonds is 7. The lowest BCUT2D eigenvalue weighted by atomic mass is 10.1. The van der Waals surface area contributed by atoms with Crippen LogP contribution in [0.15, 0.2) is 63.9 Å². The molecule has 0 aliphatic rings. The van der Waals surface area contributed by atoms with Crippen molar-refractivity contribution in [2.24, 2.45) is 0 Å². The van der Waals surface area contributed by atoms with Gasteiger partial charge in [-0.2, -0.15) is 0 Å². The summed E-state index contributed by atoms with van der Waals surface area (Å²) in [5.74, 6) is 0.658. The molecule has 5 aromatic rings. The van der Waals surface area contributed by atoms with Crippen molar-refractivity contribution in [2.75, 3.05) is 18.5 Å². The van der Waals surface area contributed by atoms with E-state index < -0.39 is 0 Å². The van der Waals surface area contributed by atoms with Crippen LogP contribution in [0.1, 0.15) is 23.6 Å². The number of nitrogens with one attached hydrogen (secondary N) is 1. The molecule has 0 aliphatic heterocycles. The Hall–Kier alpha value is -3.69. The number of nitrogens with zero attached hydrogens (tertiary/aromatic N) is 2. The number of para-hydroxylation sites is 2. The fourth-order valence-corrected chi connectivity index (χ4v) is 5.52. The van der Waals surface area contributed by atoms with Gasteiger partial charge in [-0.25, -0.2) is 9.38 Å². The molecule has 0 saturated heterocycles. The number of thiazole rings is 1. The fourth-order valence-electron chi connectivity index (χ4n) is 3.97. The molecule has 0 radical (unpaired) electrons. The van der Waals surface area contributed by atoms with Crippen LogP contribution in [0.25, 0.3) is 22.1 Å². The normalized spacial score (nSPS) is 11.8. The monoisotopic (exact) mass is 577 g/mol. The first kappa shape index (κ1) is 25.0. The zero-order valence-corrected chi connectivity index (χ0v) is 22.9. The zero-order valence-electron chi connectivity index (χ0n) is 20.5. The van der Waals surface area contributed by atoms with Gasteiger partial charge in [0, 0.05) is 4.47 Å². The van der Waals surface area contributed by atoms with E-state index in [0.717, 1.165) is 32.2 Å². The average molecular weight is 578 g/mol. The highest BCUT2D eigenvalue weighted by atomic mass is 79.9. The number of imidazole rings is 1. The second-order valence-electron chi connectivity index (χ2n) is 8.53. The third-order valence-corrected chi connectivity index (χ3v) is 7.55. The molecule has 7 nitrogen and oxygen atoms in total. The predicted octanol–water partition coefficient (Wildman–Crippen LogP) is 5.25. The molecule has 0 atom stereocenters. The first-order valence-corrected chi connectivity index (χ1v) is 13.3. The highest BCUT2D eigenvalue weighted by Crippen LogP contribution is 2.30. The number of halogens is 1. The van der Waals surface area contributed by atoms with Crippen molar-refractivity contribution in [1.29, 1.82) is 0 Å². The van der Waals surface area contributed by atoms with Crippen LogP contribution in [0.2, 0.25) is 0 Å². The van der Waals surface area contributed by atoms with E-state index in [4.69, 9.17) is 9.47 Å². The molecule has 5 rings (SSSR count). The molecular weight excluding hydrogens is 554 g/mol. The van der Waals surface area contributed by atoms with Crippen molar-refractivity contribution in [3.05, 3.63) is 90.6 Å². The van der Waals surface area contributed by atoms with E-state index in [2.05, 4.69) is 26.2 Å². The summed E-state index contributed by atoms with van der Waals surface area (Å²) in [6.07, 6.45) is 1.81. The molecule has 0 saturated carbocycles. The number of carbonyl (C=O) groups is 1. The second-order valence-corrected chi connectivity index (χ2v) is 10.4. The number of hydrogen-bond acceptors (Lipinski definition) is 6. The number of ether oxygens (including phenoxy) is 2. The average Bonchev–Trinajstić information content (AvgIpc) is 3.38. The van der Waals surface area contributed by atoms with Crippen LogP contribution in [0.4, 0.5) is 5.69 Å². The second kappa shape index (κ2) is 10.4. The van der Waals surface area contributed by atoms with Gasteiger partial charge in [0.1, 0.15) is 0 Å². The highest BCUT2D eigenvalue weighted by Gasteiger charge is 2.13. The minimum absolute atomic E-state index is 0.110. The van der Waals surface area contributed by atoms with Crippen LogP contribution < -0.4 is 24.9 Å². The number of aryl methyl sites for hydroxylation is 2. The highest BCUT2D eigenvalue weighted by molar-refractivity contribution is 9.10. The van der Waals surface area contributed by atoms with Gasteiger partial charge in [0.25, 0.3) is 11.5 Å². The number of aromatic nitrogens is 2. The molecule has 0 bridgehead atoms. The summed E-state index contributed by atoms with van der Waals surface area (Å²) in [6, 6.07) is 16.8. The van der Waals surface area contributed by atoms with Crippen LogP contribution in [0.5, 0.6) is 11.5 Å². The van der Waals surface area contributed by atoms with Crippen molar-refractivity contribution in [3.63, 3.8) is 0 Å². The Morgan fingerprint density at radius 3 is 2.68 bits per heavy atom. The van der Waals surface area contributed by atoms with Crippen LogP contribution in [-0.4, -0.2) is 28.5 Å². The molecule has 1 amide bonds. The quantitative estimate of drug-likeness (QED) is 0.285. The van der Waals surface area contributed by atoms with Gasteiger partial charge in [0.05, 0.1) is 27.9 Å². The number of anilines is 1. The standard InChI is InChI=1S/C28H24BrN3O4S/c1-4-35-24-13-18(14-25-27(34)32-22-8-6-5-7-20(22)31-28(32)37-25)9-10-23(24)36-15-26(33)30-21-12-17(3)16(2)11-19(21)29/h5-14H,4,15H2,1-3H3,(H,30,33)/b25-14-. The molecule has 2 aromatic heterocycles. The van der Waals surface area contributed by atoms with E-state index in [1.807, 2.05) is 69.3 Å². The van der Waals surface area contributed by atoms with Crippen molar-refractivity contribution in [1.82, 2.24) is 9.38 Å². The summed E-state index contributed by atoms with van der Waals surface area (Å²) in [5, 5.41) is 2.87. The molecule has 2 heterocycles.